The summed E-state index contributed by atoms with van der Waals surface area (Å²) in [6.45, 7) is 5.21. The van der Waals surface area contributed by atoms with Gasteiger partial charge in [-0.25, -0.2) is 4.98 Å². The van der Waals surface area contributed by atoms with Gasteiger partial charge in [-0.2, -0.15) is 0 Å². The third-order valence-corrected chi connectivity index (χ3v) is 6.70. The second kappa shape index (κ2) is 7.87. The molecule has 0 atom stereocenters. The molecular weight excluding hydrogens is 370 g/mol. The quantitative estimate of drug-likeness (QED) is 0.659. The molecule has 0 radical (unpaired) electrons. The van der Waals surface area contributed by atoms with Gasteiger partial charge < -0.3 is 4.90 Å². The molecule has 0 saturated carbocycles. The van der Waals surface area contributed by atoms with Crippen molar-refractivity contribution in [2.45, 2.75) is 46.1 Å². The molecule has 1 aromatic carbocycles. The summed E-state index contributed by atoms with van der Waals surface area (Å²) in [5, 5.41) is 0.728. The van der Waals surface area contributed by atoms with Crippen LogP contribution in [-0.4, -0.2) is 33.4 Å². The molecule has 0 N–H and O–H groups in total. The van der Waals surface area contributed by atoms with Gasteiger partial charge >= 0.3 is 0 Å². The number of thiophene rings is 1. The minimum Gasteiger partial charge on any atom is -0.342 e. The van der Waals surface area contributed by atoms with E-state index in [9.17, 15) is 9.59 Å². The molecule has 2 aromatic heterocycles. The van der Waals surface area contributed by atoms with Crippen molar-refractivity contribution >= 4 is 27.5 Å². The van der Waals surface area contributed by atoms with Crippen LogP contribution in [0.2, 0.25) is 0 Å². The standard InChI is InChI=1S/C22H25N3O2S/c1-3-24(4-2)18(26)14-25-20(15-10-6-5-7-11-15)23-21-19(22(25)27)16-12-8-9-13-17(16)28-21/h5-7,10-11H,3-4,8-9,12-14H2,1-2H3. The first kappa shape index (κ1) is 18.9. The van der Waals surface area contributed by atoms with Crippen LogP contribution in [0.3, 0.4) is 0 Å². The number of fused-ring (bicyclic) bond motifs is 3. The number of likely N-dealkylation sites (N-methyl/N-ethyl adjacent to an activating group) is 1. The van der Waals surface area contributed by atoms with Gasteiger partial charge in [-0.1, -0.05) is 30.3 Å². The monoisotopic (exact) mass is 395 g/mol. The van der Waals surface area contributed by atoms with E-state index in [4.69, 9.17) is 4.98 Å². The first-order valence-electron chi connectivity index (χ1n) is 10.0. The Labute approximate surface area is 168 Å². The van der Waals surface area contributed by atoms with E-state index in [-0.39, 0.29) is 18.0 Å². The van der Waals surface area contributed by atoms with E-state index >= 15 is 0 Å². The van der Waals surface area contributed by atoms with Crippen LogP contribution in [0.5, 0.6) is 0 Å². The Morgan fingerprint density at radius 3 is 2.57 bits per heavy atom. The molecule has 146 valence electrons. The molecule has 6 heteroatoms. The second-order valence-electron chi connectivity index (χ2n) is 7.15. The molecule has 0 aliphatic heterocycles. The summed E-state index contributed by atoms with van der Waals surface area (Å²) >= 11 is 1.65. The Balaban J connectivity index is 1.93. The van der Waals surface area contributed by atoms with Gasteiger partial charge in [0.05, 0.1) is 5.39 Å². The SMILES string of the molecule is CCN(CC)C(=O)Cn1c(-c2ccccc2)nc2sc3c(c2c1=O)CCCC3. The molecule has 3 aromatic rings. The lowest BCUT2D eigenvalue weighted by Gasteiger charge is -2.20. The van der Waals surface area contributed by atoms with Gasteiger partial charge in [-0.15, -0.1) is 11.3 Å². The van der Waals surface area contributed by atoms with Crippen LogP contribution in [0.25, 0.3) is 21.6 Å². The van der Waals surface area contributed by atoms with Gasteiger partial charge in [0.1, 0.15) is 17.2 Å². The molecule has 5 nitrogen and oxygen atoms in total. The van der Waals surface area contributed by atoms with Gasteiger partial charge in [0.2, 0.25) is 5.91 Å². The normalized spacial score (nSPS) is 13.5. The van der Waals surface area contributed by atoms with Crippen molar-refractivity contribution in [2.24, 2.45) is 0 Å². The van der Waals surface area contributed by atoms with Crippen LogP contribution >= 0.6 is 11.3 Å². The fraction of sp³-hybridized carbons (Fsp3) is 0.409. The number of aryl methyl sites for hydroxylation is 2. The predicted octanol–water partition coefficient (Wildman–Crippen LogP) is 3.87. The maximum Gasteiger partial charge on any atom is 0.263 e. The third kappa shape index (κ3) is 3.26. The Bertz CT molecular complexity index is 1060. The minimum atomic E-state index is -0.0799. The average molecular weight is 396 g/mol. The van der Waals surface area contributed by atoms with Crippen LogP contribution < -0.4 is 5.56 Å². The topological polar surface area (TPSA) is 55.2 Å². The van der Waals surface area contributed by atoms with Gasteiger partial charge in [-0.3, -0.25) is 14.2 Å². The molecule has 1 aliphatic carbocycles. The lowest BCUT2D eigenvalue weighted by Crippen LogP contribution is -2.37. The first-order valence-corrected chi connectivity index (χ1v) is 10.8. The van der Waals surface area contributed by atoms with E-state index in [1.807, 2.05) is 44.2 Å². The molecule has 1 amide bonds. The molecule has 4 rings (SSSR count). The number of carbonyl (C=O) groups excluding carboxylic acids is 1. The molecule has 28 heavy (non-hydrogen) atoms. The maximum atomic E-state index is 13.5. The number of hydrogen-bond acceptors (Lipinski definition) is 4. The van der Waals surface area contributed by atoms with Crippen LogP contribution in [0, 0.1) is 0 Å². The number of aromatic nitrogens is 2. The van der Waals surface area contributed by atoms with Crippen LogP contribution in [0.1, 0.15) is 37.1 Å². The van der Waals surface area contributed by atoms with Crippen molar-refractivity contribution in [3.8, 4) is 11.4 Å². The largest absolute Gasteiger partial charge is 0.342 e. The number of nitrogens with zero attached hydrogens (tertiary/aromatic N) is 3. The summed E-state index contributed by atoms with van der Waals surface area (Å²) < 4.78 is 1.58. The highest BCUT2D eigenvalue weighted by Crippen LogP contribution is 2.34. The summed E-state index contributed by atoms with van der Waals surface area (Å²) in [5.74, 6) is 0.534. The summed E-state index contributed by atoms with van der Waals surface area (Å²) in [5.41, 5.74) is 1.94. The van der Waals surface area contributed by atoms with Gasteiger partial charge in [0.25, 0.3) is 5.56 Å². The molecule has 0 fully saturated rings. The van der Waals surface area contributed by atoms with Crippen molar-refractivity contribution in [3.63, 3.8) is 0 Å². The number of benzene rings is 1. The van der Waals surface area contributed by atoms with Crippen molar-refractivity contribution < 1.29 is 4.79 Å². The highest BCUT2D eigenvalue weighted by atomic mass is 32.1. The summed E-state index contributed by atoms with van der Waals surface area (Å²) in [6.07, 6.45) is 4.23. The number of rotatable bonds is 5. The van der Waals surface area contributed by atoms with Crippen LogP contribution in [0.4, 0.5) is 0 Å². The smallest absolute Gasteiger partial charge is 0.263 e. The van der Waals surface area contributed by atoms with E-state index in [1.54, 1.807) is 20.8 Å². The number of carbonyl (C=O) groups is 1. The second-order valence-corrected chi connectivity index (χ2v) is 8.23. The Morgan fingerprint density at radius 1 is 1.14 bits per heavy atom. The lowest BCUT2D eigenvalue weighted by molar-refractivity contribution is -0.131. The van der Waals surface area contributed by atoms with Crippen molar-refractivity contribution in [1.82, 2.24) is 14.5 Å². The third-order valence-electron chi connectivity index (χ3n) is 5.52. The predicted molar refractivity (Wildman–Crippen MR) is 114 cm³/mol. The van der Waals surface area contributed by atoms with E-state index < -0.39 is 0 Å². The van der Waals surface area contributed by atoms with Crippen molar-refractivity contribution in [3.05, 3.63) is 51.1 Å². The maximum absolute atomic E-state index is 13.5. The molecular formula is C22H25N3O2S. The van der Waals surface area contributed by atoms with Gasteiger partial charge in [-0.05, 0) is 45.1 Å². The molecule has 0 saturated heterocycles. The van der Waals surface area contributed by atoms with E-state index in [2.05, 4.69) is 0 Å². The summed E-state index contributed by atoms with van der Waals surface area (Å²) in [7, 11) is 0. The zero-order valence-electron chi connectivity index (χ0n) is 16.4. The van der Waals surface area contributed by atoms with Crippen LogP contribution in [0.15, 0.2) is 35.1 Å². The van der Waals surface area contributed by atoms with Gasteiger partial charge in [0.15, 0.2) is 0 Å². The minimum absolute atomic E-state index is 0.0261. The number of amides is 1. The Kier molecular flexibility index (Phi) is 5.31. The molecule has 0 bridgehead atoms. The van der Waals surface area contributed by atoms with Crippen molar-refractivity contribution in [1.29, 1.82) is 0 Å². The van der Waals surface area contributed by atoms with Crippen molar-refractivity contribution in [2.75, 3.05) is 13.1 Å². The Morgan fingerprint density at radius 2 is 1.86 bits per heavy atom. The summed E-state index contributed by atoms with van der Waals surface area (Å²) in [6, 6.07) is 9.69. The summed E-state index contributed by atoms with van der Waals surface area (Å²) in [4.78, 5) is 35.1. The lowest BCUT2D eigenvalue weighted by atomic mass is 9.97. The highest BCUT2D eigenvalue weighted by molar-refractivity contribution is 7.18. The Hall–Kier alpha value is -2.47. The molecule has 0 unspecified atom stereocenters. The highest BCUT2D eigenvalue weighted by Gasteiger charge is 2.24. The number of hydrogen-bond donors (Lipinski definition) is 0. The molecule has 1 aliphatic rings. The van der Waals surface area contributed by atoms with E-state index in [0.717, 1.165) is 40.6 Å². The molecule has 2 heterocycles. The molecule has 0 spiro atoms. The van der Waals surface area contributed by atoms with E-state index in [0.29, 0.717) is 18.9 Å². The van der Waals surface area contributed by atoms with E-state index in [1.165, 1.54) is 11.3 Å². The fourth-order valence-electron chi connectivity index (χ4n) is 4.00. The van der Waals surface area contributed by atoms with Crippen LogP contribution in [-0.2, 0) is 24.2 Å². The zero-order valence-corrected chi connectivity index (χ0v) is 17.2. The first-order chi connectivity index (χ1) is 13.6. The average Bonchev–Trinajstić information content (AvgIpc) is 3.10. The fourth-order valence-corrected chi connectivity index (χ4v) is 5.26. The zero-order chi connectivity index (χ0) is 19.7. The van der Waals surface area contributed by atoms with Gasteiger partial charge in [0, 0.05) is 23.5 Å².